The van der Waals surface area contributed by atoms with Gasteiger partial charge < -0.3 is 5.11 Å². The predicted molar refractivity (Wildman–Crippen MR) is 71.6 cm³/mol. The second-order valence-electron chi connectivity index (χ2n) is 3.92. The Morgan fingerprint density at radius 3 is 2.61 bits per heavy atom. The Morgan fingerprint density at radius 2 is 2.11 bits per heavy atom. The molecule has 0 heterocycles. The number of carboxylic acid groups (broad SMARTS) is 1. The number of halogens is 1. The summed E-state index contributed by atoms with van der Waals surface area (Å²) in [5.74, 6) is -1.39. The van der Waals surface area contributed by atoms with Crippen molar-refractivity contribution in [1.29, 1.82) is 0 Å². The SMILES string of the molecule is CC(C(=O)O)N(C)S(=O)(=O)Cc1cccc(Br)c1. The summed E-state index contributed by atoms with van der Waals surface area (Å²) >= 11 is 3.26. The molecule has 0 aliphatic heterocycles. The van der Waals surface area contributed by atoms with Gasteiger partial charge in [-0.15, -0.1) is 0 Å². The fourth-order valence-corrected chi connectivity index (χ4v) is 3.16. The van der Waals surface area contributed by atoms with Crippen LogP contribution in [0.3, 0.4) is 0 Å². The molecule has 0 amide bonds. The summed E-state index contributed by atoms with van der Waals surface area (Å²) < 4.78 is 25.7. The van der Waals surface area contributed by atoms with E-state index in [-0.39, 0.29) is 5.75 Å². The Hall–Kier alpha value is -0.920. The number of aliphatic carboxylic acids is 1. The average Bonchev–Trinajstić information content (AvgIpc) is 2.26. The van der Waals surface area contributed by atoms with E-state index in [0.717, 1.165) is 8.78 Å². The van der Waals surface area contributed by atoms with Crippen molar-refractivity contribution in [2.45, 2.75) is 18.7 Å². The van der Waals surface area contributed by atoms with Crippen molar-refractivity contribution in [3.05, 3.63) is 34.3 Å². The molecular formula is C11H14BrNO4S. The molecule has 0 aliphatic carbocycles. The number of nitrogens with zero attached hydrogens (tertiary/aromatic N) is 1. The second kappa shape index (κ2) is 5.81. The third kappa shape index (κ3) is 3.79. The number of carboxylic acids is 1. The van der Waals surface area contributed by atoms with Crippen LogP contribution in [0.1, 0.15) is 12.5 Å². The molecule has 0 saturated carbocycles. The van der Waals surface area contributed by atoms with Crippen LogP contribution in [-0.2, 0) is 20.6 Å². The summed E-state index contributed by atoms with van der Waals surface area (Å²) in [6, 6.07) is 5.82. The van der Waals surface area contributed by atoms with Gasteiger partial charge in [0.15, 0.2) is 0 Å². The molecule has 1 atom stereocenters. The van der Waals surface area contributed by atoms with Crippen LogP contribution < -0.4 is 0 Å². The Labute approximate surface area is 115 Å². The standard InChI is InChI=1S/C11H14BrNO4S/c1-8(11(14)15)13(2)18(16,17)7-9-4-3-5-10(12)6-9/h3-6,8H,7H2,1-2H3,(H,14,15). The second-order valence-corrected chi connectivity index (χ2v) is 6.86. The van der Waals surface area contributed by atoms with E-state index in [9.17, 15) is 13.2 Å². The molecule has 1 unspecified atom stereocenters. The highest BCUT2D eigenvalue weighted by atomic mass is 79.9. The molecule has 1 aromatic carbocycles. The monoisotopic (exact) mass is 335 g/mol. The van der Waals surface area contributed by atoms with Crippen LogP contribution >= 0.6 is 15.9 Å². The lowest BCUT2D eigenvalue weighted by atomic mass is 10.2. The largest absolute Gasteiger partial charge is 0.480 e. The molecule has 7 heteroatoms. The first kappa shape index (κ1) is 15.1. The molecule has 0 aromatic heterocycles. The van der Waals surface area contributed by atoms with Crippen molar-refractivity contribution >= 4 is 31.9 Å². The summed E-state index contributed by atoms with van der Waals surface area (Å²) in [6.07, 6.45) is 0. The molecule has 0 fully saturated rings. The van der Waals surface area contributed by atoms with Crippen molar-refractivity contribution in [3.8, 4) is 0 Å². The molecule has 1 aromatic rings. The molecule has 0 radical (unpaired) electrons. The third-order valence-corrected chi connectivity index (χ3v) is 4.96. The van der Waals surface area contributed by atoms with Crippen molar-refractivity contribution in [1.82, 2.24) is 4.31 Å². The van der Waals surface area contributed by atoms with Crippen LogP contribution in [0.25, 0.3) is 0 Å². The van der Waals surface area contributed by atoms with E-state index in [1.807, 2.05) is 0 Å². The number of rotatable bonds is 5. The summed E-state index contributed by atoms with van der Waals surface area (Å²) in [7, 11) is -2.37. The predicted octanol–water partition coefficient (Wildman–Crippen LogP) is 1.68. The molecular weight excluding hydrogens is 322 g/mol. The van der Waals surface area contributed by atoms with Gasteiger partial charge in [-0.3, -0.25) is 4.79 Å². The fraction of sp³-hybridized carbons (Fsp3) is 0.364. The highest BCUT2D eigenvalue weighted by molar-refractivity contribution is 9.10. The van der Waals surface area contributed by atoms with Crippen molar-refractivity contribution in [3.63, 3.8) is 0 Å². The minimum atomic E-state index is -3.64. The van der Waals surface area contributed by atoms with Crippen molar-refractivity contribution < 1.29 is 18.3 Å². The maximum atomic E-state index is 12.0. The molecule has 0 spiro atoms. The highest BCUT2D eigenvalue weighted by Gasteiger charge is 2.27. The van der Waals surface area contributed by atoms with Gasteiger partial charge in [0.05, 0.1) is 5.75 Å². The van der Waals surface area contributed by atoms with Gasteiger partial charge in [-0.05, 0) is 24.6 Å². The van der Waals surface area contributed by atoms with Gasteiger partial charge in [0.2, 0.25) is 10.0 Å². The van der Waals surface area contributed by atoms with Crippen LogP contribution in [0.5, 0.6) is 0 Å². The summed E-state index contributed by atoms with van der Waals surface area (Å²) in [4.78, 5) is 10.8. The Bertz CT molecular complexity index is 544. The third-order valence-electron chi connectivity index (χ3n) is 2.58. The molecule has 100 valence electrons. The Balaban J connectivity index is 2.92. The average molecular weight is 336 g/mol. The number of hydrogen-bond donors (Lipinski definition) is 1. The summed E-state index contributed by atoms with van der Waals surface area (Å²) in [5, 5.41) is 8.81. The molecule has 5 nitrogen and oxygen atoms in total. The van der Waals surface area contributed by atoms with E-state index in [4.69, 9.17) is 5.11 Å². The van der Waals surface area contributed by atoms with Gasteiger partial charge in [0, 0.05) is 11.5 Å². The smallest absolute Gasteiger partial charge is 0.321 e. The molecule has 0 bridgehead atoms. The maximum Gasteiger partial charge on any atom is 0.321 e. The van der Waals surface area contributed by atoms with Gasteiger partial charge in [0.25, 0.3) is 0 Å². The number of sulfonamides is 1. The van der Waals surface area contributed by atoms with E-state index in [1.54, 1.807) is 24.3 Å². The molecule has 0 aliphatic rings. The lowest BCUT2D eigenvalue weighted by Gasteiger charge is -2.21. The summed E-state index contributed by atoms with van der Waals surface area (Å²) in [6.45, 7) is 1.33. The quantitative estimate of drug-likeness (QED) is 0.888. The number of carbonyl (C=O) groups is 1. The van der Waals surface area contributed by atoms with Gasteiger partial charge in [-0.1, -0.05) is 28.1 Å². The lowest BCUT2D eigenvalue weighted by molar-refractivity contribution is -0.140. The molecule has 0 saturated heterocycles. The molecule has 18 heavy (non-hydrogen) atoms. The van der Waals surface area contributed by atoms with E-state index in [1.165, 1.54) is 14.0 Å². The minimum Gasteiger partial charge on any atom is -0.480 e. The van der Waals surface area contributed by atoms with Crippen LogP contribution in [0, 0.1) is 0 Å². The highest BCUT2D eigenvalue weighted by Crippen LogP contribution is 2.16. The Morgan fingerprint density at radius 1 is 1.50 bits per heavy atom. The van der Waals surface area contributed by atoms with Gasteiger partial charge in [-0.2, -0.15) is 4.31 Å². The zero-order valence-corrected chi connectivity index (χ0v) is 12.4. The zero-order valence-electron chi connectivity index (χ0n) is 10.00. The van der Waals surface area contributed by atoms with Gasteiger partial charge in [0.1, 0.15) is 6.04 Å². The first-order valence-electron chi connectivity index (χ1n) is 5.17. The number of hydrogen-bond acceptors (Lipinski definition) is 3. The number of benzene rings is 1. The van der Waals surface area contributed by atoms with E-state index < -0.39 is 22.0 Å². The molecule has 1 rings (SSSR count). The maximum absolute atomic E-state index is 12.0. The van der Waals surface area contributed by atoms with Gasteiger partial charge >= 0.3 is 5.97 Å². The van der Waals surface area contributed by atoms with Crippen LogP contribution in [-0.4, -0.2) is 36.9 Å². The van der Waals surface area contributed by atoms with Crippen molar-refractivity contribution in [2.24, 2.45) is 0 Å². The zero-order chi connectivity index (χ0) is 13.9. The number of likely N-dealkylation sites (N-methyl/N-ethyl adjacent to an activating group) is 1. The minimum absolute atomic E-state index is 0.222. The van der Waals surface area contributed by atoms with Crippen molar-refractivity contribution in [2.75, 3.05) is 7.05 Å². The van der Waals surface area contributed by atoms with Crippen LogP contribution in [0.15, 0.2) is 28.7 Å². The van der Waals surface area contributed by atoms with E-state index in [0.29, 0.717) is 5.56 Å². The molecule has 1 N–H and O–H groups in total. The van der Waals surface area contributed by atoms with Crippen LogP contribution in [0.4, 0.5) is 0 Å². The van der Waals surface area contributed by atoms with E-state index >= 15 is 0 Å². The van der Waals surface area contributed by atoms with Crippen LogP contribution in [0.2, 0.25) is 0 Å². The van der Waals surface area contributed by atoms with Gasteiger partial charge in [-0.25, -0.2) is 8.42 Å². The first-order valence-corrected chi connectivity index (χ1v) is 7.57. The first-order chi connectivity index (χ1) is 8.24. The van der Waals surface area contributed by atoms with E-state index in [2.05, 4.69) is 15.9 Å². The topological polar surface area (TPSA) is 74.7 Å². The lowest BCUT2D eigenvalue weighted by Crippen LogP contribution is -2.40. The Kier molecular flexibility index (Phi) is 4.89. The fourth-order valence-electron chi connectivity index (χ4n) is 1.34. The normalized spacial score (nSPS) is 13.6. The summed E-state index contributed by atoms with van der Waals surface area (Å²) in [5.41, 5.74) is 0.605.